The highest BCUT2D eigenvalue weighted by Gasteiger charge is 2.15. The van der Waals surface area contributed by atoms with Gasteiger partial charge in [0.1, 0.15) is 0 Å². The summed E-state index contributed by atoms with van der Waals surface area (Å²) in [7, 11) is 2.02. The molecule has 0 spiro atoms. The number of rotatable bonds is 6. The first-order chi connectivity index (χ1) is 5.12. The monoisotopic (exact) mass is 175 g/mol. The van der Waals surface area contributed by atoms with Crippen molar-refractivity contribution in [1.82, 2.24) is 5.32 Å². The minimum atomic E-state index is 0.520. The van der Waals surface area contributed by atoms with E-state index in [2.05, 4.69) is 25.4 Å². The van der Waals surface area contributed by atoms with Crippen LogP contribution in [-0.4, -0.2) is 25.6 Å². The topological polar surface area (TPSA) is 12.0 Å². The molecule has 11 heavy (non-hydrogen) atoms. The highest BCUT2D eigenvalue weighted by molar-refractivity contribution is 7.98. The molecule has 0 radical (unpaired) electrons. The Morgan fingerprint density at radius 3 is 2.36 bits per heavy atom. The van der Waals surface area contributed by atoms with Crippen LogP contribution < -0.4 is 5.32 Å². The lowest BCUT2D eigenvalue weighted by atomic mass is 9.86. The Kier molecular flexibility index (Phi) is 6.06. The number of nitrogens with one attached hydrogen (secondary N) is 1. The van der Waals surface area contributed by atoms with Gasteiger partial charge in [-0.1, -0.05) is 13.8 Å². The van der Waals surface area contributed by atoms with Gasteiger partial charge in [-0.25, -0.2) is 0 Å². The summed E-state index contributed by atoms with van der Waals surface area (Å²) >= 11 is 1.94. The molecule has 0 aromatic carbocycles. The number of hydrogen-bond acceptors (Lipinski definition) is 2. The predicted octanol–water partition coefficient (Wildman–Crippen LogP) is 2.38. The maximum atomic E-state index is 3.19. The summed E-state index contributed by atoms with van der Waals surface area (Å²) < 4.78 is 0. The number of thioether (sulfide) groups is 1. The van der Waals surface area contributed by atoms with Gasteiger partial charge < -0.3 is 5.32 Å². The van der Waals surface area contributed by atoms with Gasteiger partial charge >= 0.3 is 0 Å². The van der Waals surface area contributed by atoms with Crippen molar-refractivity contribution < 1.29 is 0 Å². The Balaban J connectivity index is 3.43. The third-order valence-corrected chi connectivity index (χ3v) is 2.65. The first-order valence-corrected chi connectivity index (χ1v) is 5.65. The zero-order chi connectivity index (χ0) is 8.74. The van der Waals surface area contributed by atoms with E-state index < -0.39 is 0 Å². The molecule has 1 nitrogen and oxygen atoms in total. The van der Waals surface area contributed by atoms with Gasteiger partial charge in [0.05, 0.1) is 0 Å². The van der Waals surface area contributed by atoms with Gasteiger partial charge in [-0.15, -0.1) is 0 Å². The van der Waals surface area contributed by atoms with Crippen molar-refractivity contribution in [1.29, 1.82) is 0 Å². The normalized spacial score (nSPS) is 12.0. The van der Waals surface area contributed by atoms with Crippen molar-refractivity contribution in [3.63, 3.8) is 0 Å². The van der Waals surface area contributed by atoms with Gasteiger partial charge in [0.15, 0.2) is 0 Å². The van der Waals surface area contributed by atoms with Crippen molar-refractivity contribution in [2.75, 3.05) is 25.6 Å². The van der Waals surface area contributed by atoms with Crippen LogP contribution in [0.1, 0.15) is 26.7 Å². The van der Waals surface area contributed by atoms with E-state index in [1.54, 1.807) is 0 Å². The second kappa shape index (κ2) is 5.90. The summed E-state index contributed by atoms with van der Waals surface area (Å²) in [5.74, 6) is 1.29. The lowest BCUT2D eigenvalue weighted by Crippen LogP contribution is -2.20. The Morgan fingerprint density at radius 2 is 1.91 bits per heavy atom. The average molecular weight is 175 g/mol. The maximum absolute atomic E-state index is 3.19. The first kappa shape index (κ1) is 11.3. The molecule has 0 saturated carbocycles. The van der Waals surface area contributed by atoms with E-state index in [0.717, 1.165) is 6.54 Å². The van der Waals surface area contributed by atoms with Crippen LogP contribution >= 0.6 is 11.8 Å². The summed E-state index contributed by atoms with van der Waals surface area (Å²) in [6.45, 7) is 5.84. The molecule has 1 N–H and O–H groups in total. The second-order valence-corrected chi connectivity index (χ2v) is 4.75. The lowest BCUT2D eigenvalue weighted by molar-refractivity contribution is 0.322. The summed E-state index contributed by atoms with van der Waals surface area (Å²) in [4.78, 5) is 0. The highest BCUT2D eigenvalue weighted by atomic mass is 32.2. The van der Waals surface area contributed by atoms with Gasteiger partial charge in [-0.3, -0.25) is 0 Å². The second-order valence-electron chi connectivity index (χ2n) is 3.76. The summed E-state index contributed by atoms with van der Waals surface area (Å²) in [5, 5.41) is 3.19. The fourth-order valence-electron chi connectivity index (χ4n) is 0.967. The molecule has 2 heteroatoms. The number of hydrogen-bond donors (Lipinski definition) is 1. The largest absolute Gasteiger partial charge is 0.320 e. The molecule has 0 rings (SSSR count). The van der Waals surface area contributed by atoms with Crippen LogP contribution in [0, 0.1) is 5.41 Å². The molecule has 0 aliphatic rings. The maximum Gasteiger partial charge on any atom is -0.00468 e. The molecule has 0 unspecified atom stereocenters. The van der Waals surface area contributed by atoms with E-state index in [9.17, 15) is 0 Å². The van der Waals surface area contributed by atoms with E-state index in [4.69, 9.17) is 0 Å². The van der Waals surface area contributed by atoms with E-state index in [1.807, 2.05) is 18.8 Å². The fourth-order valence-corrected chi connectivity index (χ4v) is 1.72. The quantitative estimate of drug-likeness (QED) is 0.665. The van der Waals surface area contributed by atoms with Crippen molar-refractivity contribution in [3.8, 4) is 0 Å². The Morgan fingerprint density at radius 1 is 1.27 bits per heavy atom. The molecular formula is C9H21NS. The van der Waals surface area contributed by atoms with Crippen molar-refractivity contribution >= 4 is 11.8 Å². The van der Waals surface area contributed by atoms with Gasteiger partial charge in [0, 0.05) is 0 Å². The molecule has 0 aromatic rings. The molecule has 68 valence electrons. The summed E-state index contributed by atoms with van der Waals surface area (Å²) in [6, 6.07) is 0. The van der Waals surface area contributed by atoms with Crippen LogP contribution in [0.25, 0.3) is 0 Å². The Labute approximate surface area is 75.3 Å². The fraction of sp³-hybridized carbons (Fsp3) is 1.00. The standard InChI is InChI=1S/C9H21NS/c1-9(2,5-7-10-3)6-8-11-4/h10H,5-8H2,1-4H3. The summed E-state index contributed by atoms with van der Waals surface area (Å²) in [5.41, 5.74) is 0.520. The zero-order valence-electron chi connectivity index (χ0n) is 8.24. The Bertz CT molecular complexity index is 81.6. The van der Waals surface area contributed by atoms with E-state index in [-0.39, 0.29) is 0 Å². The van der Waals surface area contributed by atoms with Crippen molar-refractivity contribution in [3.05, 3.63) is 0 Å². The molecule has 0 aliphatic heterocycles. The lowest BCUT2D eigenvalue weighted by Gasteiger charge is -2.23. The third kappa shape index (κ3) is 6.70. The van der Waals surface area contributed by atoms with Crippen LogP contribution in [0.15, 0.2) is 0 Å². The molecular weight excluding hydrogens is 154 g/mol. The van der Waals surface area contributed by atoms with Gasteiger partial charge in [0.2, 0.25) is 0 Å². The molecule has 0 atom stereocenters. The molecule has 0 bridgehead atoms. The summed E-state index contributed by atoms with van der Waals surface area (Å²) in [6.07, 6.45) is 4.79. The van der Waals surface area contributed by atoms with Gasteiger partial charge in [-0.05, 0) is 43.9 Å². The van der Waals surface area contributed by atoms with E-state index in [1.165, 1.54) is 18.6 Å². The van der Waals surface area contributed by atoms with Crippen LogP contribution in [0.2, 0.25) is 0 Å². The van der Waals surface area contributed by atoms with Gasteiger partial charge in [-0.2, -0.15) is 11.8 Å². The first-order valence-electron chi connectivity index (χ1n) is 4.26. The average Bonchev–Trinajstić information content (AvgIpc) is 1.97. The van der Waals surface area contributed by atoms with Crippen LogP contribution in [0.4, 0.5) is 0 Å². The zero-order valence-corrected chi connectivity index (χ0v) is 9.05. The molecule has 0 aliphatic carbocycles. The molecule has 0 aromatic heterocycles. The Hall–Kier alpha value is 0.310. The smallest absolute Gasteiger partial charge is 0.00468 e. The highest BCUT2D eigenvalue weighted by Crippen LogP contribution is 2.25. The van der Waals surface area contributed by atoms with Crippen LogP contribution in [-0.2, 0) is 0 Å². The molecule has 0 saturated heterocycles. The van der Waals surface area contributed by atoms with Crippen LogP contribution in [0.5, 0.6) is 0 Å². The van der Waals surface area contributed by atoms with Crippen molar-refractivity contribution in [2.24, 2.45) is 5.41 Å². The minimum absolute atomic E-state index is 0.520. The van der Waals surface area contributed by atoms with Crippen molar-refractivity contribution in [2.45, 2.75) is 26.7 Å². The predicted molar refractivity (Wildman–Crippen MR) is 55.3 cm³/mol. The van der Waals surface area contributed by atoms with E-state index >= 15 is 0 Å². The van der Waals surface area contributed by atoms with Crippen LogP contribution in [0.3, 0.4) is 0 Å². The molecule has 0 heterocycles. The van der Waals surface area contributed by atoms with Gasteiger partial charge in [0.25, 0.3) is 0 Å². The SMILES string of the molecule is CNCCC(C)(C)CCSC. The minimum Gasteiger partial charge on any atom is -0.320 e. The molecule has 0 fully saturated rings. The third-order valence-electron chi connectivity index (χ3n) is 2.03. The molecule has 0 amide bonds. The van der Waals surface area contributed by atoms with E-state index in [0.29, 0.717) is 5.41 Å².